The summed E-state index contributed by atoms with van der Waals surface area (Å²) >= 11 is 0. The summed E-state index contributed by atoms with van der Waals surface area (Å²) in [6, 6.07) is -7.00. The number of primary amides is 1. The largest absolute Gasteiger partial charge is 0.370 e. The zero-order chi connectivity index (χ0) is 44.3. The Bertz CT molecular complexity index is 1550. The minimum atomic E-state index is -1.34. The summed E-state index contributed by atoms with van der Waals surface area (Å²) in [5.41, 5.74) is 39.1. The number of nitrogens with two attached hydrogens (primary N) is 7. The predicted octanol–water partition coefficient (Wildman–Crippen LogP) is -5.25. The lowest BCUT2D eigenvalue weighted by Crippen LogP contribution is -2.60. The van der Waals surface area contributed by atoms with Gasteiger partial charge in [0, 0.05) is 38.3 Å². The lowest BCUT2D eigenvalue weighted by Gasteiger charge is -2.27. The van der Waals surface area contributed by atoms with Gasteiger partial charge in [-0.05, 0) is 84.2 Å². The fraction of sp³-hybridized carbons (Fsp3) is 0.657. The third-order valence-electron chi connectivity index (χ3n) is 8.77. The molecule has 0 saturated heterocycles. The Morgan fingerprint density at radius 3 is 1.41 bits per heavy atom. The molecule has 1 aromatic heterocycles. The third kappa shape index (κ3) is 21.9. The molecule has 0 bridgehead atoms. The molecule has 332 valence electrons. The number of unbranched alkanes of at least 4 members (excludes halogenated alkanes) is 2. The fourth-order valence-electron chi connectivity index (χ4n) is 5.67. The predicted molar refractivity (Wildman–Crippen MR) is 220 cm³/mol. The summed E-state index contributed by atoms with van der Waals surface area (Å²) in [6.07, 6.45) is 5.60. The van der Waals surface area contributed by atoms with E-state index in [9.17, 15) is 33.6 Å². The quantitative estimate of drug-likeness (QED) is 0.0196. The van der Waals surface area contributed by atoms with E-state index in [4.69, 9.17) is 40.1 Å². The number of guanidine groups is 2. The van der Waals surface area contributed by atoms with E-state index in [1.807, 2.05) is 0 Å². The molecule has 21 N–H and O–H groups in total. The number of imidazole rings is 1. The van der Waals surface area contributed by atoms with E-state index in [2.05, 4.69) is 51.9 Å². The van der Waals surface area contributed by atoms with Crippen LogP contribution in [0.3, 0.4) is 0 Å². The van der Waals surface area contributed by atoms with Gasteiger partial charge in [-0.15, -0.1) is 0 Å². The Balaban J connectivity index is 3.46. The van der Waals surface area contributed by atoms with Gasteiger partial charge in [0.1, 0.15) is 36.3 Å². The number of carbonyl (C=O) groups is 7. The second-order valence-corrected chi connectivity index (χ2v) is 13.9. The molecule has 59 heavy (non-hydrogen) atoms. The first-order valence-electron chi connectivity index (χ1n) is 19.5. The van der Waals surface area contributed by atoms with Crippen LogP contribution in [0.15, 0.2) is 22.5 Å². The molecule has 6 atom stereocenters. The van der Waals surface area contributed by atoms with E-state index in [-0.39, 0.29) is 70.0 Å². The van der Waals surface area contributed by atoms with Crippen molar-refractivity contribution in [3.8, 4) is 0 Å². The van der Waals surface area contributed by atoms with Crippen LogP contribution < -0.4 is 72.0 Å². The molecule has 24 heteroatoms. The summed E-state index contributed by atoms with van der Waals surface area (Å²) in [7, 11) is 0. The molecule has 1 heterocycles. The molecule has 1 rings (SSSR count). The number of nitrogens with zero attached hydrogens (tertiary/aromatic N) is 3. The molecule has 0 spiro atoms. The SMILES string of the molecule is CC(=O)N[C@@H](C)C(=O)N[C@@H](CCCCN)C(=O)N[C@@H](CCCN=C(N)N)C(=O)N[C@@H](Cc1cnc[nH]1)C(=O)N[C@@H](CCCN=C(N)N)C(=O)N[C@@H](CCCCN)C(N)=O. The maximum atomic E-state index is 14.1. The van der Waals surface area contributed by atoms with Crippen molar-refractivity contribution in [2.75, 3.05) is 26.2 Å². The topological polar surface area (TPSA) is 427 Å². The zero-order valence-corrected chi connectivity index (χ0v) is 34.0. The van der Waals surface area contributed by atoms with Crippen LogP contribution in [0, 0.1) is 0 Å². The van der Waals surface area contributed by atoms with Crippen molar-refractivity contribution in [2.24, 2.45) is 50.1 Å². The molecule has 0 aromatic carbocycles. The Morgan fingerprint density at radius 1 is 0.593 bits per heavy atom. The van der Waals surface area contributed by atoms with Gasteiger partial charge in [0.15, 0.2) is 11.9 Å². The van der Waals surface area contributed by atoms with Crippen molar-refractivity contribution in [1.29, 1.82) is 0 Å². The van der Waals surface area contributed by atoms with Crippen LogP contribution in [0.5, 0.6) is 0 Å². The van der Waals surface area contributed by atoms with E-state index in [0.29, 0.717) is 44.5 Å². The lowest BCUT2D eigenvalue weighted by atomic mass is 10.0. The summed E-state index contributed by atoms with van der Waals surface area (Å²) in [6.45, 7) is 3.62. The van der Waals surface area contributed by atoms with E-state index in [1.54, 1.807) is 0 Å². The van der Waals surface area contributed by atoms with Crippen molar-refractivity contribution in [3.05, 3.63) is 18.2 Å². The Kier molecular flexibility index (Phi) is 24.5. The zero-order valence-electron chi connectivity index (χ0n) is 34.0. The highest BCUT2D eigenvalue weighted by molar-refractivity contribution is 5.97. The normalized spacial score (nSPS) is 13.8. The molecule has 24 nitrogen and oxygen atoms in total. The van der Waals surface area contributed by atoms with Gasteiger partial charge in [-0.1, -0.05) is 0 Å². The van der Waals surface area contributed by atoms with E-state index >= 15 is 0 Å². The molecule has 0 fully saturated rings. The van der Waals surface area contributed by atoms with Gasteiger partial charge in [0.2, 0.25) is 41.4 Å². The van der Waals surface area contributed by atoms with Gasteiger partial charge in [0.05, 0.1) is 6.33 Å². The number of hydrogen-bond acceptors (Lipinski definition) is 12. The maximum Gasteiger partial charge on any atom is 0.243 e. The minimum Gasteiger partial charge on any atom is -0.370 e. The van der Waals surface area contributed by atoms with Gasteiger partial charge in [-0.3, -0.25) is 43.5 Å². The molecule has 0 aliphatic heterocycles. The highest BCUT2D eigenvalue weighted by atomic mass is 16.2. The fourth-order valence-corrected chi connectivity index (χ4v) is 5.67. The van der Waals surface area contributed by atoms with Crippen LogP contribution in [0.2, 0.25) is 0 Å². The summed E-state index contributed by atoms with van der Waals surface area (Å²) in [5, 5.41) is 15.7. The number of rotatable bonds is 30. The molecular weight excluding hydrogens is 770 g/mol. The van der Waals surface area contributed by atoms with Gasteiger partial charge in [-0.2, -0.15) is 0 Å². The lowest BCUT2D eigenvalue weighted by molar-refractivity contribution is -0.135. The van der Waals surface area contributed by atoms with Gasteiger partial charge < -0.3 is 77.0 Å². The number of aromatic amines is 1. The molecule has 0 aliphatic rings. The Morgan fingerprint density at radius 2 is 1.00 bits per heavy atom. The first-order valence-corrected chi connectivity index (χ1v) is 19.5. The summed E-state index contributed by atoms with van der Waals surface area (Å²) in [5.74, 6) is -5.22. The van der Waals surface area contributed by atoms with Crippen molar-refractivity contribution < 1.29 is 33.6 Å². The number of nitrogens with one attached hydrogen (secondary N) is 7. The Hall–Kier alpha value is -6.04. The molecule has 0 saturated carbocycles. The molecule has 0 radical (unpaired) electrons. The first-order chi connectivity index (χ1) is 28.0. The number of hydrogen-bond donors (Lipinski definition) is 14. The minimum absolute atomic E-state index is 0.00695. The van der Waals surface area contributed by atoms with Crippen molar-refractivity contribution >= 4 is 53.3 Å². The second kappa shape index (κ2) is 28.4. The first kappa shape index (κ1) is 51.0. The number of carbonyl (C=O) groups excluding carboxylic acids is 7. The number of amides is 7. The number of aliphatic imine (C=N–C) groups is 2. The highest BCUT2D eigenvalue weighted by Gasteiger charge is 2.33. The van der Waals surface area contributed by atoms with Crippen LogP contribution in [0.25, 0.3) is 0 Å². The van der Waals surface area contributed by atoms with Crippen molar-refractivity contribution in [1.82, 2.24) is 41.9 Å². The summed E-state index contributed by atoms with van der Waals surface area (Å²) in [4.78, 5) is 107. The average molecular weight is 836 g/mol. The van der Waals surface area contributed by atoms with E-state index in [0.717, 1.165) is 0 Å². The van der Waals surface area contributed by atoms with Crippen LogP contribution in [0.1, 0.15) is 83.7 Å². The van der Waals surface area contributed by atoms with E-state index < -0.39 is 77.6 Å². The third-order valence-corrected chi connectivity index (χ3v) is 8.77. The van der Waals surface area contributed by atoms with Gasteiger partial charge in [-0.25, -0.2) is 4.98 Å². The van der Waals surface area contributed by atoms with Gasteiger partial charge in [0.25, 0.3) is 0 Å². The smallest absolute Gasteiger partial charge is 0.243 e. The standard InChI is InChI=1S/C35H65N17O7/c1-20(47-21(2)53)29(55)49-24(10-4-6-14-37)31(57)50-26(12-8-16-45-35(41)42)32(58)52-27(17-22-18-43-19-46-22)33(59)51-25(11-7-15-44-34(39)40)30(56)48-23(28(38)54)9-3-5-13-36/h18-20,23-27H,3-17,36-37H2,1-2H3,(H2,38,54)(H,43,46)(H,47,53)(H,48,56)(H,49,55)(H,50,57)(H,51,59)(H,52,58)(H4,39,40,44)(H4,41,42,45)/t20-,23-,24-,25-,26-,27-/m0/s1. The summed E-state index contributed by atoms with van der Waals surface area (Å²) < 4.78 is 0. The average Bonchev–Trinajstić information content (AvgIpc) is 3.68. The maximum absolute atomic E-state index is 14.1. The van der Waals surface area contributed by atoms with Crippen molar-refractivity contribution in [3.63, 3.8) is 0 Å². The van der Waals surface area contributed by atoms with E-state index in [1.165, 1.54) is 26.4 Å². The molecule has 1 aromatic rings. The Labute approximate surface area is 343 Å². The van der Waals surface area contributed by atoms with Crippen molar-refractivity contribution in [2.45, 2.75) is 121 Å². The molecule has 0 unspecified atom stereocenters. The second-order valence-electron chi connectivity index (χ2n) is 13.9. The van der Waals surface area contributed by atoms with Crippen LogP contribution in [0.4, 0.5) is 0 Å². The van der Waals surface area contributed by atoms with Crippen LogP contribution in [-0.2, 0) is 40.0 Å². The number of aromatic nitrogens is 2. The molecule has 0 aliphatic carbocycles. The van der Waals surface area contributed by atoms with Crippen LogP contribution >= 0.6 is 0 Å². The van der Waals surface area contributed by atoms with Gasteiger partial charge >= 0.3 is 0 Å². The highest BCUT2D eigenvalue weighted by Crippen LogP contribution is 2.09. The monoisotopic (exact) mass is 836 g/mol. The number of H-pyrrole nitrogens is 1. The molecular formula is C35H65N17O7. The molecule has 7 amide bonds. The van der Waals surface area contributed by atoms with Crippen LogP contribution in [-0.4, -0.2) is 126 Å².